The molecule has 2 aromatic rings. The largest absolute Gasteiger partial charge is 0.242 e. The lowest BCUT2D eigenvalue weighted by Crippen LogP contribution is -2.27. The fourth-order valence-corrected chi connectivity index (χ4v) is 3.80. The third-order valence-electron chi connectivity index (χ3n) is 2.91. The Balaban J connectivity index is 2.29. The maximum absolute atomic E-state index is 12.9. The third kappa shape index (κ3) is 3.74. The summed E-state index contributed by atoms with van der Waals surface area (Å²) in [6, 6.07) is 9.42. The van der Waals surface area contributed by atoms with Crippen molar-refractivity contribution in [1.29, 1.82) is 0 Å². The summed E-state index contributed by atoms with van der Waals surface area (Å²) < 4.78 is 40.0. The van der Waals surface area contributed by atoms with E-state index in [1.165, 1.54) is 42.5 Å². The van der Waals surface area contributed by atoms with Crippen molar-refractivity contribution in [3.05, 3.63) is 63.9 Å². The van der Waals surface area contributed by atoms with Gasteiger partial charge in [-0.2, -0.15) is 0 Å². The van der Waals surface area contributed by atoms with Gasteiger partial charge in [0.05, 0.1) is 10.0 Å². The second-order valence-corrected chi connectivity index (χ2v) is 6.91. The average molecular weight is 348 g/mol. The summed E-state index contributed by atoms with van der Waals surface area (Å²) in [5.41, 5.74) is 0.637. The second kappa shape index (κ2) is 6.32. The topological polar surface area (TPSA) is 46.2 Å². The molecule has 0 amide bonds. The van der Waals surface area contributed by atoms with Crippen LogP contribution in [0.1, 0.15) is 18.5 Å². The molecule has 0 aliphatic rings. The maximum atomic E-state index is 12.9. The van der Waals surface area contributed by atoms with Crippen LogP contribution >= 0.6 is 23.2 Å². The predicted molar refractivity (Wildman–Crippen MR) is 81.6 cm³/mol. The number of nitrogens with one attached hydrogen (secondary N) is 1. The minimum atomic E-state index is -3.83. The highest BCUT2D eigenvalue weighted by Crippen LogP contribution is 2.29. The molecular formula is C14H12Cl2FNO2S. The molecule has 0 aliphatic heterocycles. The van der Waals surface area contributed by atoms with Crippen LogP contribution in [-0.4, -0.2) is 8.42 Å². The summed E-state index contributed by atoms with van der Waals surface area (Å²) in [7, 11) is -3.83. The first-order valence-corrected chi connectivity index (χ1v) is 8.27. The van der Waals surface area contributed by atoms with Gasteiger partial charge < -0.3 is 0 Å². The summed E-state index contributed by atoms with van der Waals surface area (Å²) in [6.45, 7) is 1.66. The molecular weight excluding hydrogens is 336 g/mol. The van der Waals surface area contributed by atoms with Gasteiger partial charge in [-0.05, 0) is 36.8 Å². The average Bonchev–Trinajstić information content (AvgIpc) is 2.41. The van der Waals surface area contributed by atoms with Gasteiger partial charge in [-0.3, -0.25) is 0 Å². The molecule has 112 valence electrons. The van der Waals surface area contributed by atoms with E-state index >= 15 is 0 Å². The van der Waals surface area contributed by atoms with E-state index in [0.717, 1.165) is 0 Å². The van der Waals surface area contributed by atoms with Crippen molar-refractivity contribution in [3.8, 4) is 0 Å². The van der Waals surface area contributed by atoms with E-state index in [-0.39, 0.29) is 20.8 Å². The molecule has 1 atom stereocenters. The lowest BCUT2D eigenvalue weighted by molar-refractivity contribution is 0.566. The second-order valence-electron chi connectivity index (χ2n) is 4.45. The van der Waals surface area contributed by atoms with Crippen LogP contribution in [0.15, 0.2) is 47.4 Å². The minimum absolute atomic E-state index is 0.0297. The highest BCUT2D eigenvalue weighted by molar-refractivity contribution is 7.89. The molecule has 0 bridgehead atoms. The van der Waals surface area contributed by atoms with Gasteiger partial charge in [0, 0.05) is 6.04 Å². The molecule has 0 heterocycles. The molecule has 7 heteroatoms. The van der Waals surface area contributed by atoms with Crippen molar-refractivity contribution in [3.63, 3.8) is 0 Å². The number of rotatable bonds is 4. The Bertz CT molecular complexity index is 748. The number of benzene rings is 2. The Kier molecular flexibility index (Phi) is 4.88. The van der Waals surface area contributed by atoms with Crippen LogP contribution in [0.25, 0.3) is 0 Å². The van der Waals surface area contributed by atoms with E-state index in [4.69, 9.17) is 23.2 Å². The minimum Gasteiger partial charge on any atom is -0.207 e. The van der Waals surface area contributed by atoms with Crippen LogP contribution in [0, 0.1) is 5.82 Å². The Labute approximate surface area is 132 Å². The standard InChI is InChI=1S/C14H12Cl2FNO2S/c1-9(10-5-7-11(17)8-6-10)18-21(19,20)13-4-2-3-12(15)14(13)16/h2-9,18H,1H3/t9-/m0/s1. The molecule has 3 nitrogen and oxygen atoms in total. The van der Waals surface area contributed by atoms with Crippen molar-refractivity contribution in [2.24, 2.45) is 0 Å². The Hall–Kier alpha value is -1.14. The van der Waals surface area contributed by atoms with Gasteiger partial charge in [0.1, 0.15) is 10.7 Å². The van der Waals surface area contributed by atoms with Gasteiger partial charge in [-0.15, -0.1) is 0 Å². The fraction of sp³-hybridized carbons (Fsp3) is 0.143. The molecule has 0 radical (unpaired) electrons. The van der Waals surface area contributed by atoms with E-state index in [1.807, 2.05) is 0 Å². The van der Waals surface area contributed by atoms with E-state index < -0.39 is 16.1 Å². The normalized spacial score (nSPS) is 13.1. The lowest BCUT2D eigenvalue weighted by Gasteiger charge is -2.15. The van der Waals surface area contributed by atoms with E-state index in [0.29, 0.717) is 5.56 Å². The van der Waals surface area contributed by atoms with Crippen molar-refractivity contribution >= 4 is 33.2 Å². The molecule has 0 saturated carbocycles. The first-order valence-electron chi connectivity index (χ1n) is 6.03. The first kappa shape index (κ1) is 16.2. The molecule has 0 aliphatic carbocycles. The molecule has 0 aromatic heterocycles. The lowest BCUT2D eigenvalue weighted by atomic mass is 10.1. The Morgan fingerprint density at radius 1 is 1.10 bits per heavy atom. The van der Waals surface area contributed by atoms with E-state index in [2.05, 4.69) is 4.72 Å². The molecule has 0 unspecified atom stereocenters. The van der Waals surface area contributed by atoms with Gasteiger partial charge in [-0.1, -0.05) is 41.4 Å². The van der Waals surface area contributed by atoms with Crippen molar-refractivity contribution < 1.29 is 12.8 Å². The van der Waals surface area contributed by atoms with Crippen LogP contribution in [0.2, 0.25) is 10.0 Å². The van der Waals surface area contributed by atoms with Gasteiger partial charge >= 0.3 is 0 Å². The predicted octanol–water partition coefficient (Wildman–Crippen LogP) is 4.17. The number of halogens is 3. The number of hydrogen-bond acceptors (Lipinski definition) is 2. The fourth-order valence-electron chi connectivity index (χ4n) is 1.81. The summed E-state index contributed by atoms with van der Waals surface area (Å²) in [5, 5.41) is 0.131. The highest BCUT2D eigenvalue weighted by Gasteiger charge is 2.22. The van der Waals surface area contributed by atoms with Crippen molar-refractivity contribution in [2.75, 3.05) is 0 Å². The zero-order valence-electron chi connectivity index (χ0n) is 11.0. The quantitative estimate of drug-likeness (QED) is 0.901. The Morgan fingerprint density at radius 2 is 1.71 bits per heavy atom. The summed E-state index contributed by atoms with van der Waals surface area (Å²) in [4.78, 5) is -0.0920. The van der Waals surface area contributed by atoms with Crippen LogP contribution in [-0.2, 0) is 10.0 Å². The summed E-state index contributed by atoms with van der Waals surface area (Å²) in [6.07, 6.45) is 0. The third-order valence-corrected chi connectivity index (χ3v) is 5.42. The first-order chi connectivity index (χ1) is 9.81. The maximum Gasteiger partial charge on any atom is 0.242 e. The van der Waals surface area contributed by atoms with Crippen molar-refractivity contribution in [1.82, 2.24) is 4.72 Å². The number of hydrogen-bond donors (Lipinski definition) is 1. The molecule has 0 fully saturated rings. The van der Waals surface area contributed by atoms with Crippen LogP contribution in [0.3, 0.4) is 0 Å². The molecule has 2 rings (SSSR count). The molecule has 1 N–H and O–H groups in total. The smallest absolute Gasteiger partial charge is 0.207 e. The number of sulfonamides is 1. The van der Waals surface area contributed by atoms with Gasteiger partial charge in [-0.25, -0.2) is 17.5 Å². The summed E-state index contributed by atoms with van der Waals surface area (Å²) >= 11 is 11.8. The van der Waals surface area contributed by atoms with Crippen LogP contribution in [0.4, 0.5) is 4.39 Å². The summed E-state index contributed by atoms with van der Waals surface area (Å²) in [5.74, 6) is -0.383. The van der Waals surface area contributed by atoms with E-state index in [1.54, 1.807) is 6.92 Å². The molecule has 0 spiro atoms. The van der Waals surface area contributed by atoms with Crippen molar-refractivity contribution in [2.45, 2.75) is 17.9 Å². The SMILES string of the molecule is C[C@H](NS(=O)(=O)c1cccc(Cl)c1Cl)c1ccc(F)cc1. The zero-order valence-corrected chi connectivity index (χ0v) is 13.3. The van der Waals surface area contributed by atoms with Gasteiger partial charge in [0.15, 0.2) is 0 Å². The molecule has 0 saturated heterocycles. The monoisotopic (exact) mass is 347 g/mol. The van der Waals surface area contributed by atoms with Crippen LogP contribution < -0.4 is 4.72 Å². The zero-order chi connectivity index (χ0) is 15.6. The molecule has 2 aromatic carbocycles. The Morgan fingerprint density at radius 3 is 2.33 bits per heavy atom. The van der Waals surface area contributed by atoms with Crippen LogP contribution in [0.5, 0.6) is 0 Å². The van der Waals surface area contributed by atoms with Gasteiger partial charge in [0.2, 0.25) is 10.0 Å². The van der Waals surface area contributed by atoms with Gasteiger partial charge in [0.25, 0.3) is 0 Å². The van der Waals surface area contributed by atoms with E-state index in [9.17, 15) is 12.8 Å². The molecule has 21 heavy (non-hydrogen) atoms. The highest BCUT2D eigenvalue weighted by atomic mass is 35.5.